The standard InChI is InChI=1S/C14H23NOS/c1-4-9-17-14(13(15)5-2)11-7-6-8-12(10-11)16-3/h6-8,10,13-14H,4-5,9,15H2,1-3H3. The van der Waals surface area contributed by atoms with Crippen LogP contribution < -0.4 is 10.5 Å². The Bertz CT molecular complexity index is 330. The van der Waals surface area contributed by atoms with Crippen molar-refractivity contribution in [3.8, 4) is 5.75 Å². The molecule has 0 aliphatic rings. The molecule has 2 N–H and O–H groups in total. The van der Waals surface area contributed by atoms with Crippen molar-refractivity contribution in [1.82, 2.24) is 0 Å². The van der Waals surface area contributed by atoms with Crippen LogP contribution in [0.3, 0.4) is 0 Å². The van der Waals surface area contributed by atoms with E-state index in [2.05, 4.69) is 26.0 Å². The quantitative estimate of drug-likeness (QED) is 0.806. The van der Waals surface area contributed by atoms with Crippen molar-refractivity contribution in [2.24, 2.45) is 5.73 Å². The first-order valence-corrected chi connectivity index (χ1v) is 7.28. The molecule has 0 aliphatic carbocycles. The van der Waals surface area contributed by atoms with Gasteiger partial charge in [-0.2, -0.15) is 11.8 Å². The van der Waals surface area contributed by atoms with Crippen LogP contribution in [-0.2, 0) is 0 Å². The van der Waals surface area contributed by atoms with Gasteiger partial charge in [0, 0.05) is 11.3 Å². The highest BCUT2D eigenvalue weighted by Crippen LogP contribution is 2.34. The number of ether oxygens (including phenoxy) is 1. The molecule has 0 heterocycles. The summed E-state index contributed by atoms with van der Waals surface area (Å²) in [6.07, 6.45) is 2.18. The van der Waals surface area contributed by atoms with Gasteiger partial charge in [-0.1, -0.05) is 26.0 Å². The fourth-order valence-corrected chi connectivity index (χ4v) is 3.01. The lowest BCUT2D eigenvalue weighted by molar-refractivity contribution is 0.414. The van der Waals surface area contributed by atoms with Gasteiger partial charge in [-0.15, -0.1) is 0 Å². The van der Waals surface area contributed by atoms with Crippen LogP contribution in [0.4, 0.5) is 0 Å². The minimum Gasteiger partial charge on any atom is -0.497 e. The molecular formula is C14H23NOS. The van der Waals surface area contributed by atoms with E-state index < -0.39 is 0 Å². The van der Waals surface area contributed by atoms with E-state index >= 15 is 0 Å². The van der Waals surface area contributed by atoms with Gasteiger partial charge in [0.1, 0.15) is 5.75 Å². The van der Waals surface area contributed by atoms with Crippen LogP contribution in [-0.4, -0.2) is 18.9 Å². The summed E-state index contributed by atoms with van der Waals surface area (Å²) in [7, 11) is 1.70. The Hall–Kier alpha value is -0.670. The summed E-state index contributed by atoms with van der Waals surface area (Å²) in [5, 5.41) is 0.370. The SMILES string of the molecule is CCCSC(c1cccc(OC)c1)C(N)CC. The van der Waals surface area contributed by atoms with E-state index in [0.29, 0.717) is 5.25 Å². The predicted octanol–water partition coefficient (Wildman–Crippen LogP) is 3.62. The van der Waals surface area contributed by atoms with Gasteiger partial charge in [-0.25, -0.2) is 0 Å². The molecule has 1 aromatic rings. The summed E-state index contributed by atoms with van der Waals surface area (Å²) in [4.78, 5) is 0. The summed E-state index contributed by atoms with van der Waals surface area (Å²) < 4.78 is 5.27. The largest absolute Gasteiger partial charge is 0.497 e. The zero-order valence-electron chi connectivity index (χ0n) is 11.0. The fourth-order valence-electron chi connectivity index (χ4n) is 1.74. The molecule has 0 spiro atoms. The van der Waals surface area contributed by atoms with Gasteiger partial charge in [0.15, 0.2) is 0 Å². The van der Waals surface area contributed by atoms with E-state index in [1.165, 1.54) is 12.0 Å². The molecule has 2 atom stereocenters. The van der Waals surface area contributed by atoms with Gasteiger partial charge in [-0.3, -0.25) is 0 Å². The number of benzene rings is 1. The molecule has 0 radical (unpaired) electrons. The minimum atomic E-state index is 0.207. The van der Waals surface area contributed by atoms with E-state index in [4.69, 9.17) is 10.5 Å². The smallest absolute Gasteiger partial charge is 0.119 e. The molecule has 1 rings (SSSR count). The first kappa shape index (κ1) is 14.4. The van der Waals surface area contributed by atoms with Gasteiger partial charge in [0.25, 0.3) is 0 Å². The van der Waals surface area contributed by atoms with Crippen molar-refractivity contribution < 1.29 is 4.74 Å². The lowest BCUT2D eigenvalue weighted by Crippen LogP contribution is -2.25. The molecule has 96 valence electrons. The van der Waals surface area contributed by atoms with Crippen LogP contribution in [0.2, 0.25) is 0 Å². The predicted molar refractivity (Wildman–Crippen MR) is 76.8 cm³/mol. The van der Waals surface area contributed by atoms with Crippen molar-refractivity contribution in [2.75, 3.05) is 12.9 Å². The van der Waals surface area contributed by atoms with Gasteiger partial charge < -0.3 is 10.5 Å². The van der Waals surface area contributed by atoms with E-state index in [9.17, 15) is 0 Å². The number of thioether (sulfide) groups is 1. The maximum Gasteiger partial charge on any atom is 0.119 e. The maximum atomic E-state index is 6.22. The van der Waals surface area contributed by atoms with Gasteiger partial charge >= 0.3 is 0 Å². The molecule has 0 aromatic heterocycles. The molecular weight excluding hydrogens is 230 g/mol. The summed E-state index contributed by atoms with van der Waals surface area (Å²) in [5.74, 6) is 2.06. The summed E-state index contributed by atoms with van der Waals surface area (Å²) >= 11 is 1.95. The van der Waals surface area contributed by atoms with Crippen LogP contribution >= 0.6 is 11.8 Å². The van der Waals surface area contributed by atoms with Crippen LogP contribution in [0, 0.1) is 0 Å². The Morgan fingerprint density at radius 1 is 1.35 bits per heavy atom. The van der Waals surface area contributed by atoms with Crippen LogP contribution in [0.15, 0.2) is 24.3 Å². The second-order valence-corrected chi connectivity index (χ2v) is 5.39. The number of hydrogen-bond acceptors (Lipinski definition) is 3. The third kappa shape index (κ3) is 4.25. The van der Waals surface area contributed by atoms with Gasteiger partial charge in [0.2, 0.25) is 0 Å². The van der Waals surface area contributed by atoms with Crippen molar-refractivity contribution in [3.63, 3.8) is 0 Å². The van der Waals surface area contributed by atoms with E-state index in [-0.39, 0.29) is 6.04 Å². The first-order valence-electron chi connectivity index (χ1n) is 6.24. The lowest BCUT2D eigenvalue weighted by atomic mass is 10.0. The molecule has 0 fully saturated rings. The lowest BCUT2D eigenvalue weighted by Gasteiger charge is -2.23. The number of nitrogens with two attached hydrogens (primary N) is 1. The summed E-state index contributed by atoms with van der Waals surface area (Å²) in [5.41, 5.74) is 7.50. The second kappa shape index (κ2) is 7.62. The second-order valence-electron chi connectivity index (χ2n) is 4.14. The molecule has 17 heavy (non-hydrogen) atoms. The van der Waals surface area contributed by atoms with E-state index in [1.54, 1.807) is 7.11 Å². The number of hydrogen-bond donors (Lipinski definition) is 1. The molecule has 0 amide bonds. The molecule has 1 aromatic carbocycles. The van der Waals surface area contributed by atoms with Gasteiger partial charge in [-0.05, 0) is 36.3 Å². The summed E-state index contributed by atoms with van der Waals surface area (Å²) in [6, 6.07) is 8.46. The Morgan fingerprint density at radius 2 is 2.12 bits per heavy atom. The average molecular weight is 253 g/mol. The maximum absolute atomic E-state index is 6.22. The zero-order chi connectivity index (χ0) is 12.7. The van der Waals surface area contributed by atoms with Crippen molar-refractivity contribution >= 4 is 11.8 Å². The molecule has 0 aliphatic heterocycles. The normalized spacial score (nSPS) is 14.4. The highest BCUT2D eigenvalue weighted by molar-refractivity contribution is 7.99. The third-order valence-electron chi connectivity index (χ3n) is 2.78. The van der Waals surface area contributed by atoms with Crippen LogP contribution in [0.25, 0.3) is 0 Å². The Labute approximate surface area is 109 Å². The van der Waals surface area contributed by atoms with Gasteiger partial charge in [0.05, 0.1) is 7.11 Å². The number of rotatable bonds is 7. The monoisotopic (exact) mass is 253 g/mol. The molecule has 2 unspecified atom stereocenters. The molecule has 0 saturated heterocycles. The number of methoxy groups -OCH3 is 1. The molecule has 0 saturated carbocycles. The Kier molecular flexibility index (Phi) is 6.45. The highest BCUT2D eigenvalue weighted by atomic mass is 32.2. The topological polar surface area (TPSA) is 35.2 Å². The van der Waals surface area contributed by atoms with E-state index in [0.717, 1.165) is 17.9 Å². The molecule has 0 bridgehead atoms. The zero-order valence-corrected chi connectivity index (χ0v) is 11.8. The van der Waals surface area contributed by atoms with Crippen molar-refractivity contribution in [1.29, 1.82) is 0 Å². The van der Waals surface area contributed by atoms with E-state index in [1.807, 2.05) is 23.9 Å². The fraction of sp³-hybridized carbons (Fsp3) is 0.571. The minimum absolute atomic E-state index is 0.207. The first-order chi connectivity index (χ1) is 8.22. The molecule has 2 nitrogen and oxygen atoms in total. The van der Waals surface area contributed by atoms with Crippen molar-refractivity contribution in [3.05, 3.63) is 29.8 Å². The highest BCUT2D eigenvalue weighted by Gasteiger charge is 2.18. The third-order valence-corrected chi connectivity index (χ3v) is 4.41. The Morgan fingerprint density at radius 3 is 2.71 bits per heavy atom. The Balaban J connectivity index is 2.86. The average Bonchev–Trinajstić information content (AvgIpc) is 2.39. The molecule has 3 heteroatoms. The van der Waals surface area contributed by atoms with Crippen LogP contribution in [0.1, 0.15) is 37.5 Å². The van der Waals surface area contributed by atoms with Crippen LogP contribution in [0.5, 0.6) is 5.75 Å². The summed E-state index contributed by atoms with van der Waals surface area (Å²) in [6.45, 7) is 4.34. The van der Waals surface area contributed by atoms with Crippen molar-refractivity contribution in [2.45, 2.75) is 38.0 Å².